The van der Waals surface area contributed by atoms with Gasteiger partial charge in [0, 0.05) is 0 Å². The van der Waals surface area contributed by atoms with Crippen LogP contribution in [0.1, 0.15) is 18.8 Å². The zero-order chi connectivity index (χ0) is 17.9. The quantitative estimate of drug-likeness (QED) is 0.759. The molecule has 0 saturated heterocycles. The van der Waals surface area contributed by atoms with Gasteiger partial charge in [-0.3, -0.25) is 4.79 Å². The van der Waals surface area contributed by atoms with Gasteiger partial charge in [-0.25, -0.2) is 4.98 Å². The molecule has 0 radical (unpaired) electrons. The SMILES string of the molecule is C[C@@H](NC(=O)[C@@H]1COc2ccccc2O1)c1ncc(-c2ccccc2)[nH]1. The van der Waals surface area contributed by atoms with Gasteiger partial charge < -0.3 is 19.8 Å². The molecule has 1 amide bonds. The number of para-hydroxylation sites is 2. The second kappa shape index (κ2) is 6.92. The first-order chi connectivity index (χ1) is 12.7. The van der Waals surface area contributed by atoms with E-state index in [1.807, 2.05) is 55.5 Å². The number of hydrogen-bond donors (Lipinski definition) is 2. The van der Waals surface area contributed by atoms with E-state index in [0.717, 1.165) is 11.3 Å². The number of ether oxygens (including phenoxy) is 2. The van der Waals surface area contributed by atoms with Crippen molar-refractivity contribution in [2.75, 3.05) is 6.61 Å². The third-order valence-electron chi connectivity index (χ3n) is 4.25. The highest BCUT2D eigenvalue weighted by molar-refractivity contribution is 5.82. The molecule has 1 aliphatic heterocycles. The van der Waals surface area contributed by atoms with Gasteiger partial charge in [0.05, 0.1) is 17.9 Å². The Kier molecular flexibility index (Phi) is 4.31. The van der Waals surface area contributed by atoms with E-state index in [9.17, 15) is 4.79 Å². The molecule has 4 rings (SSSR count). The Morgan fingerprint density at radius 2 is 1.88 bits per heavy atom. The van der Waals surface area contributed by atoms with Crippen molar-refractivity contribution in [2.24, 2.45) is 0 Å². The molecular weight excluding hydrogens is 330 g/mol. The largest absolute Gasteiger partial charge is 0.485 e. The Morgan fingerprint density at radius 3 is 2.69 bits per heavy atom. The number of imidazole rings is 1. The van der Waals surface area contributed by atoms with Crippen molar-refractivity contribution in [3.05, 3.63) is 66.6 Å². The summed E-state index contributed by atoms with van der Waals surface area (Å²) < 4.78 is 11.3. The van der Waals surface area contributed by atoms with Crippen molar-refractivity contribution >= 4 is 5.91 Å². The number of fused-ring (bicyclic) bond motifs is 1. The van der Waals surface area contributed by atoms with E-state index in [-0.39, 0.29) is 18.6 Å². The maximum atomic E-state index is 12.5. The molecule has 2 heterocycles. The van der Waals surface area contributed by atoms with Crippen LogP contribution in [0.25, 0.3) is 11.3 Å². The first kappa shape index (κ1) is 16.2. The minimum absolute atomic E-state index is 0.184. The Hall–Kier alpha value is -3.28. The number of rotatable bonds is 4. The van der Waals surface area contributed by atoms with Crippen LogP contribution in [0.15, 0.2) is 60.8 Å². The van der Waals surface area contributed by atoms with Crippen LogP contribution in [0.4, 0.5) is 0 Å². The molecule has 2 N–H and O–H groups in total. The average molecular weight is 349 g/mol. The minimum atomic E-state index is -0.684. The Balaban J connectivity index is 1.41. The lowest BCUT2D eigenvalue weighted by Gasteiger charge is -2.26. The van der Waals surface area contributed by atoms with Gasteiger partial charge in [-0.1, -0.05) is 42.5 Å². The summed E-state index contributed by atoms with van der Waals surface area (Å²) in [6.45, 7) is 2.06. The highest BCUT2D eigenvalue weighted by atomic mass is 16.6. The Morgan fingerprint density at radius 1 is 1.15 bits per heavy atom. The number of nitrogens with zero attached hydrogens (tertiary/aromatic N) is 1. The molecule has 26 heavy (non-hydrogen) atoms. The van der Waals surface area contributed by atoms with Crippen LogP contribution >= 0.6 is 0 Å². The second-order valence-corrected chi connectivity index (χ2v) is 6.14. The summed E-state index contributed by atoms with van der Waals surface area (Å²) in [5.41, 5.74) is 1.96. The lowest BCUT2D eigenvalue weighted by atomic mass is 10.2. The topological polar surface area (TPSA) is 76.2 Å². The summed E-state index contributed by atoms with van der Waals surface area (Å²) in [5, 5.41) is 2.92. The molecule has 2 atom stereocenters. The lowest BCUT2D eigenvalue weighted by molar-refractivity contribution is -0.131. The zero-order valence-corrected chi connectivity index (χ0v) is 14.3. The standard InChI is InChI=1S/C20H19N3O3/c1-13(19-21-11-15(23-19)14-7-3-2-4-8-14)22-20(24)18-12-25-16-9-5-6-10-17(16)26-18/h2-11,13,18H,12H2,1H3,(H,21,23)(H,22,24)/t13-,18+/m1/s1. The Labute approximate surface area is 151 Å². The van der Waals surface area contributed by atoms with Gasteiger partial charge in [-0.2, -0.15) is 0 Å². The zero-order valence-electron chi connectivity index (χ0n) is 14.3. The predicted octanol–water partition coefficient (Wildman–Crippen LogP) is 3.09. The third kappa shape index (κ3) is 3.26. The van der Waals surface area contributed by atoms with Crippen molar-refractivity contribution < 1.29 is 14.3 Å². The van der Waals surface area contributed by atoms with E-state index < -0.39 is 6.10 Å². The molecule has 0 aliphatic carbocycles. The molecule has 1 aliphatic rings. The molecule has 0 unspecified atom stereocenters. The summed E-state index contributed by atoms with van der Waals surface area (Å²) in [4.78, 5) is 20.2. The van der Waals surface area contributed by atoms with Gasteiger partial charge in [-0.15, -0.1) is 0 Å². The molecule has 0 bridgehead atoms. The van der Waals surface area contributed by atoms with Crippen LogP contribution in [0.3, 0.4) is 0 Å². The first-order valence-corrected chi connectivity index (χ1v) is 8.50. The van der Waals surface area contributed by atoms with Crippen LogP contribution in [0.2, 0.25) is 0 Å². The summed E-state index contributed by atoms with van der Waals surface area (Å²) >= 11 is 0. The van der Waals surface area contributed by atoms with Crippen molar-refractivity contribution in [2.45, 2.75) is 19.1 Å². The number of aromatic amines is 1. The molecule has 0 spiro atoms. The molecule has 0 saturated carbocycles. The molecule has 3 aromatic rings. The molecule has 2 aromatic carbocycles. The van der Waals surface area contributed by atoms with Crippen molar-refractivity contribution in [3.8, 4) is 22.8 Å². The number of carbonyl (C=O) groups is 1. The van der Waals surface area contributed by atoms with Crippen molar-refractivity contribution in [1.29, 1.82) is 0 Å². The van der Waals surface area contributed by atoms with Crippen molar-refractivity contribution in [3.63, 3.8) is 0 Å². The monoisotopic (exact) mass is 349 g/mol. The molecule has 6 nitrogen and oxygen atoms in total. The van der Waals surface area contributed by atoms with E-state index >= 15 is 0 Å². The van der Waals surface area contributed by atoms with E-state index in [2.05, 4.69) is 15.3 Å². The van der Waals surface area contributed by atoms with Crippen LogP contribution in [0.5, 0.6) is 11.5 Å². The van der Waals surface area contributed by atoms with Gasteiger partial charge in [0.15, 0.2) is 11.5 Å². The van der Waals surface area contributed by atoms with Gasteiger partial charge in [0.1, 0.15) is 12.4 Å². The van der Waals surface area contributed by atoms with Gasteiger partial charge in [-0.05, 0) is 24.6 Å². The fraction of sp³-hybridized carbons (Fsp3) is 0.200. The van der Waals surface area contributed by atoms with Gasteiger partial charge in [0.2, 0.25) is 6.10 Å². The normalized spacial score (nSPS) is 16.7. The fourth-order valence-corrected chi connectivity index (χ4v) is 2.84. The summed E-state index contributed by atoms with van der Waals surface area (Å²) in [5.74, 6) is 1.69. The summed E-state index contributed by atoms with van der Waals surface area (Å²) in [6, 6.07) is 17.0. The first-order valence-electron chi connectivity index (χ1n) is 8.50. The third-order valence-corrected chi connectivity index (χ3v) is 4.25. The van der Waals surface area contributed by atoms with Crippen LogP contribution < -0.4 is 14.8 Å². The van der Waals surface area contributed by atoms with Gasteiger partial charge in [0.25, 0.3) is 5.91 Å². The molecule has 132 valence electrons. The van der Waals surface area contributed by atoms with E-state index in [4.69, 9.17) is 9.47 Å². The summed E-state index contributed by atoms with van der Waals surface area (Å²) in [7, 11) is 0. The molecular formula is C20H19N3O3. The van der Waals surface area contributed by atoms with E-state index in [0.29, 0.717) is 17.3 Å². The number of aromatic nitrogens is 2. The highest BCUT2D eigenvalue weighted by Crippen LogP contribution is 2.31. The maximum Gasteiger partial charge on any atom is 0.265 e. The number of H-pyrrole nitrogens is 1. The maximum absolute atomic E-state index is 12.5. The van der Waals surface area contributed by atoms with Gasteiger partial charge >= 0.3 is 0 Å². The second-order valence-electron chi connectivity index (χ2n) is 6.14. The fourth-order valence-electron chi connectivity index (χ4n) is 2.84. The smallest absolute Gasteiger partial charge is 0.265 e. The lowest BCUT2D eigenvalue weighted by Crippen LogP contribution is -2.44. The molecule has 6 heteroatoms. The van der Waals surface area contributed by atoms with E-state index in [1.54, 1.807) is 12.3 Å². The van der Waals surface area contributed by atoms with E-state index in [1.165, 1.54) is 0 Å². The molecule has 0 fully saturated rings. The minimum Gasteiger partial charge on any atom is -0.485 e. The number of amides is 1. The highest BCUT2D eigenvalue weighted by Gasteiger charge is 2.28. The number of nitrogens with one attached hydrogen (secondary N) is 2. The Bertz CT molecular complexity index is 907. The van der Waals surface area contributed by atoms with Crippen LogP contribution in [-0.2, 0) is 4.79 Å². The summed E-state index contributed by atoms with van der Waals surface area (Å²) in [6.07, 6.45) is 1.08. The number of hydrogen-bond acceptors (Lipinski definition) is 4. The van der Waals surface area contributed by atoms with Crippen LogP contribution in [0, 0.1) is 0 Å². The van der Waals surface area contributed by atoms with Crippen molar-refractivity contribution in [1.82, 2.24) is 15.3 Å². The van der Waals surface area contributed by atoms with Crippen LogP contribution in [-0.4, -0.2) is 28.6 Å². The number of benzene rings is 2. The number of carbonyl (C=O) groups excluding carboxylic acids is 1. The predicted molar refractivity (Wildman–Crippen MR) is 96.9 cm³/mol. The molecule has 1 aromatic heterocycles. The average Bonchev–Trinajstić information content (AvgIpc) is 3.18.